The third-order valence-corrected chi connectivity index (χ3v) is 3.53. The Kier molecular flexibility index (Phi) is 4.03. The van der Waals surface area contributed by atoms with Crippen molar-refractivity contribution in [1.82, 2.24) is 0 Å². The highest BCUT2D eigenvalue weighted by Gasteiger charge is 2.20. The Morgan fingerprint density at radius 1 is 1.06 bits per heavy atom. The smallest absolute Gasteiger partial charge is 0.0787 e. The van der Waals surface area contributed by atoms with Crippen molar-refractivity contribution in [2.45, 2.75) is 31.6 Å². The zero-order valence-electron chi connectivity index (χ0n) is 9.93. The van der Waals surface area contributed by atoms with Gasteiger partial charge in [0.25, 0.3) is 0 Å². The third kappa shape index (κ3) is 2.88. The summed E-state index contributed by atoms with van der Waals surface area (Å²) in [4.78, 5) is 0. The lowest BCUT2D eigenvalue weighted by Crippen LogP contribution is -2.11. The topological polar surface area (TPSA) is 9.23 Å². The molecule has 0 atom stereocenters. The fraction of sp³-hybridized carbons (Fsp3) is 0.467. The summed E-state index contributed by atoms with van der Waals surface area (Å²) in [5.74, 6) is 1.49. The standard InChI is InChI=1S/C15H20O/c1-16-12-11-13-7-9-15(10-8-13)14-5-3-2-4-6-14/h2-6,11-13,15H,7-10H2,1H3. The molecule has 0 spiro atoms. The average Bonchev–Trinajstić information content (AvgIpc) is 2.38. The predicted molar refractivity (Wildman–Crippen MR) is 67.3 cm³/mol. The van der Waals surface area contributed by atoms with Crippen LogP contribution in [0.2, 0.25) is 0 Å². The van der Waals surface area contributed by atoms with Gasteiger partial charge in [0, 0.05) is 0 Å². The Labute approximate surface area is 98.1 Å². The normalized spacial score (nSPS) is 25.8. The molecule has 1 nitrogen and oxygen atoms in total. The SMILES string of the molecule is COC=CC1CCC(c2ccccc2)CC1. The minimum absolute atomic E-state index is 0.722. The van der Waals surface area contributed by atoms with Gasteiger partial charge in [-0.1, -0.05) is 30.3 Å². The van der Waals surface area contributed by atoms with Gasteiger partial charge in [-0.3, -0.25) is 0 Å². The van der Waals surface area contributed by atoms with E-state index in [0.29, 0.717) is 0 Å². The van der Waals surface area contributed by atoms with Crippen LogP contribution in [0.25, 0.3) is 0 Å². The first-order valence-electron chi connectivity index (χ1n) is 6.14. The van der Waals surface area contributed by atoms with Gasteiger partial charge in [-0.2, -0.15) is 0 Å². The minimum atomic E-state index is 0.722. The molecule has 0 unspecified atom stereocenters. The molecule has 0 aliphatic heterocycles. The van der Waals surface area contributed by atoms with E-state index in [0.717, 1.165) is 11.8 Å². The second-order valence-electron chi connectivity index (χ2n) is 4.59. The highest BCUT2D eigenvalue weighted by molar-refractivity contribution is 5.20. The van der Waals surface area contributed by atoms with Crippen LogP contribution in [0.1, 0.15) is 37.2 Å². The number of ether oxygens (including phenoxy) is 1. The van der Waals surface area contributed by atoms with Crippen molar-refractivity contribution in [3.63, 3.8) is 0 Å². The van der Waals surface area contributed by atoms with Crippen LogP contribution in [0.15, 0.2) is 42.7 Å². The number of methoxy groups -OCH3 is 1. The van der Waals surface area contributed by atoms with Crippen molar-refractivity contribution in [1.29, 1.82) is 0 Å². The van der Waals surface area contributed by atoms with Crippen molar-refractivity contribution in [2.75, 3.05) is 7.11 Å². The molecular formula is C15H20O. The molecule has 0 radical (unpaired) electrons. The van der Waals surface area contributed by atoms with Crippen molar-refractivity contribution in [3.8, 4) is 0 Å². The van der Waals surface area contributed by atoms with Crippen LogP contribution in [0, 0.1) is 5.92 Å². The second-order valence-corrected chi connectivity index (χ2v) is 4.59. The maximum absolute atomic E-state index is 4.98. The first kappa shape index (κ1) is 11.3. The summed E-state index contributed by atoms with van der Waals surface area (Å²) < 4.78 is 4.98. The molecule has 1 aliphatic rings. The van der Waals surface area contributed by atoms with E-state index in [1.165, 1.54) is 31.2 Å². The van der Waals surface area contributed by atoms with Crippen LogP contribution in [0.4, 0.5) is 0 Å². The lowest BCUT2D eigenvalue weighted by atomic mass is 9.79. The van der Waals surface area contributed by atoms with E-state index in [1.54, 1.807) is 7.11 Å². The summed E-state index contributed by atoms with van der Waals surface area (Å²) >= 11 is 0. The first-order valence-corrected chi connectivity index (χ1v) is 6.14. The molecule has 0 N–H and O–H groups in total. The quantitative estimate of drug-likeness (QED) is 0.691. The molecule has 0 aromatic heterocycles. The van der Waals surface area contributed by atoms with Gasteiger partial charge < -0.3 is 4.74 Å². The molecule has 86 valence electrons. The molecule has 1 aromatic rings. The summed E-state index contributed by atoms with van der Waals surface area (Å²) in [6.07, 6.45) is 9.24. The molecule has 2 rings (SSSR count). The molecule has 1 aromatic carbocycles. The molecular weight excluding hydrogens is 196 g/mol. The number of hydrogen-bond acceptors (Lipinski definition) is 1. The Hall–Kier alpha value is -1.24. The van der Waals surface area contributed by atoms with Gasteiger partial charge in [0.2, 0.25) is 0 Å². The summed E-state index contributed by atoms with van der Waals surface area (Å²) in [5, 5.41) is 0. The zero-order valence-corrected chi connectivity index (χ0v) is 9.93. The maximum Gasteiger partial charge on any atom is 0.0787 e. The van der Waals surface area contributed by atoms with Crippen molar-refractivity contribution in [2.24, 2.45) is 5.92 Å². The third-order valence-electron chi connectivity index (χ3n) is 3.53. The highest BCUT2D eigenvalue weighted by atomic mass is 16.5. The van der Waals surface area contributed by atoms with Crippen LogP contribution in [0.5, 0.6) is 0 Å². The Morgan fingerprint density at radius 3 is 2.38 bits per heavy atom. The van der Waals surface area contributed by atoms with Crippen LogP contribution < -0.4 is 0 Å². The molecule has 1 fully saturated rings. The van der Waals surface area contributed by atoms with E-state index in [1.807, 2.05) is 6.26 Å². The molecule has 0 amide bonds. The van der Waals surface area contributed by atoms with Crippen molar-refractivity contribution < 1.29 is 4.74 Å². The summed E-state index contributed by atoms with van der Waals surface area (Å²) in [6.45, 7) is 0. The van der Waals surface area contributed by atoms with E-state index in [9.17, 15) is 0 Å². The fourth-order valence-corrected chi connectivity index (χ4v) is 2.56. The molecule has 0 saturated heterocycles. The van der Waals surface area contributed by atoms with Gasteiger partial charge in [-0.15, -0.1) is 0 Å². The monoisotopic (exact) mass is 216 g/mol. The second kappa shape index (κ2) is 5.74. The lowest BCUT2D eigenvalue weighted by molar-refractivity contribution is 0.322. The Bertz CT molecular complexity index is 321. The minimum Gasteiger partial charge on any atom is -0.505 e. The summed E-state index contributed by atoms with van der Waals surface area (Å²) in [6, 6.07) is 10.9. The molecule has 1 aliphatic carbocycles. The van der Waals surface area contributed by atoms with Gasteiger partial charge in [0.05, 0.1) is 13.4 Å². The van der Waals surface area contributed by atoms with E-state index in [2.05, 4.69) is 36.4 Å². The van der Waals surface area contributed by atoms with Crippen LogP contribution in [0.3, 0.4) is 0 Å². The molecule has 0 bridgehead atoms. The zero-order chi connectivity index (χ0) is 11.2. The van der Waals surface area contributed by atoms with Crippen molar-refractivity contribution >= 4 is 0 Å². The van der Waals surface area contributed by atoms with Gasteiger partial charge >= 0.3 is 0 Å². The maximum atomic E-state index is 4.98. The summed E-state index contributed by atoms with van der Waals surface area (Å²) in [7, 11) is 1.71. The lowest BCUT2D eigenvalue weighted by Gasteiger charge is -2.26. The number of rotatable bonds is 3. The Morgan fingerprint density at radius 2 is 1.75 bits per heavy atom. The van der Waals surface area contributed by atoms with E-state index in [4.69, 9.17) is 4.74 Å². The predicted octanol–water partition coefficient (Wildman–Crippen LogP) is 4.12. The van der Waals surface area contributed by atoms with E-state index >= 15 is 0 Å². The summed E-state index contributed by atoms with van der Waals surface area (Å²) in [5.41, 5.74) is 1.51. The van der Waals surface area contributed by atoms with Gasteiger partial charge in [-0.05, 0) is 49.2 Å². The number of allylic oxidation sites excluding steroid dienone is 1. The average molecular weight is 216 g/mol. The van der Waals surface area contributed by atoms with Gasteiger partial charge in [-0.25, -0.2) is 0 Å². The molecule has 1 saturated carbocycles. The van der Waals surface area contributed by atoms with Gasteiger partial charge in [0.1, 0.15) is 0 Å². The fourth-order valence-electron chi connectivity index (χ4n) is 2.56. The van der Waals surface area contributed by atoms with Gasteiger partial charge in [0.15, 0.2) is 0 Å². The van der Waals surface area contributed by atoms with E-state index < -0.39 is 0 Å². The number of benzene rings is 1. The first-order chi connectivity index (χ1) is 7.90. The van der Waals surface area contributed by atoms with Crippen LogP contribution >= 0.6 is 0 Å². The van der Waals surface area contributed by atoms with E-state index in [-0.39, 0.29) is 0 Å². The molecule has 0 heterocycles. The van der Waals surface area contributed by atoms with Crippen LogP contribution in [-0.4, -0.2) is 7.11 Å². The molecule has 16 heavy (non-hydrogen) atoms. The van der Waals surface area contributed by atoms with Crippen LogP contribution in [-0.2, 0) is 4.74 Å². The van der Waals surface area contributed by atoms with Crippen molar-refractivity contribution in [3.05, 3.63) is 48.2 Å². The largest absolute Gasteiger partial charge is 0.505 e. The highest BCUT2D eigenvalue weighted by Crippen LogP contribution is 2.35. The molecule has 1 heteroatoms. The Balaban J connectivity index is 1.88. The number of hydrogen-bond donors (Lipinski definition) is 0.